The summed E-state index contributed by atoms with van der Waals surface area (Å²) in [4.78, 5) is 72.6. The molecule has 17 nitrogen and oxygen atoms in total. The summed E-state index contributed by atoms with van der Waals surface area (Å²) in [5.41, 5.74) is 0. The topological polar surface area (TPSA) is 237 Å². The van der Waals surface area contributed by atoms with Crippen LogP contribution in [0.5, 0.6) is 0 Å². The van der Waals surface area contributed by atoms with Gasteiger partial charge < -0.3 is 33.8 Å². The van der Waals surface area contributed by atoms with Gasteiger partial charge in [0.05, 0.1) is 26.4 Å². The number of phosphoric ester groups is 2. The second kappa shape index (κ2) is 63.5. The molecule has 0 aliphatic rings. The highest BCUT2D eigenvalue weighted by Gasteiger charge is 2.30. The number of esters is 4. The molecule has 552 valence electrons. The van der Waals surface area contributed by atoms with Crippen molar-refractivity contribution < 1.29 is 80.2 Å². The van der Waals surface area contributed by atoms with Crippen LogP contribution in [-0.2, 0) is 65.4 Å². The van der Waals surface area contributed by atoms with Crippen LogP contribution in [0.1, 0.15) is 370 Å². The van der Waals surface area contributed by atoms with Gasteiger partial charge in [0.15, 0.2) is 12.2 Å². The molecular formula is C74H144O17P2. The highest BCUT2D eigenvalue weighted by atomic mass is 31.2. The number of carbonyl (C=O) groups is 4. The van der Waals surface area contributed by atoms with Crippen LogP contribution in [0.25, 0.3) is 0 Å². The van der Waals surface area contributed by atoms with Gasteiger partial charge in [-0.25, -0.2) is 9.13 Å². The van der Waals surface area contributed by atoms with Gasteiger partial charge in [0.1, 0.15) is 19.3 Å². The Bertz CT molecular complexity index is 1840. The van der Waals surface area contributed by atoms with Crippen LogP contribution in [0.3, 0.4) is 0 Å². The third kappa shape index (κ3) is 64.5. The van der Waals surface area contributed by atoms with Gasteiger partial charge in [-0.1, -0.05) is 319 Å². The maximum atomic E-state index is 13.0. The molecule has 0 rings (SSSR count). The van der Waals surface area contributed by atoms with Crippen molar-refractivity contribution in [3.63, 3.8) is 0 Å². The highest BCUT2D eigenvalue weighted by Crippen LogP contribution is 2.45. The number of ether oxygens (including phenoxy) is 4. The van der Waals surface area contributed by atoms with Crippen LogP contribution in [0.2, 0.25) is 0 Å². The molecule has 0 bridgehead atoms. The lowest BCUT2D eigenvalue weighted by molar-refractivity contribution is -0.161. The summed E-state index contributed by atoms with van der Waals surface area (Å²) in [6, 6.07) is 0. The fourth-order valence-electron chi connectivity index (χ4n) is 11.1. The van der Waals surface area contributed by atoms with Crippen molar-refractivity contribution in [3.8, 4) is 0 Å². The Kier molecular flexibility index (Phi) is 62.2. The Balaban J connectivity index is 5.16. The van der Waals surface area contributed by atoms with Crippen molar-refractivity contribution in [2.24, 2.45) is 23.7 Å². The minimum atomic E-state index is -4.96. The minimum absolute atomic E-state index is 0.103. The summed E-state index contributed by atoms with van der Waals surface area (Å²) >= 11 is 0. The predicted octanol–water partition coefficient (Wildman–Crippen LogP) is 21.3. The zero-order chi connectivity index (χ0) is 68.9. The second-order valence-electron chi connectivity index (χ2n) is 27.9. The number of rotatable bonds is 71. The zero-order valence-corrected chi connectivity index (χ0v) is 62.7. The smallest absolute Gasteiger partial charge is 0.462 e. The molecule has 0 aliphatic heterocycles. The lowest BCUT2D eigenvalue weighted by Gasteiger charge is -2.21. The van der Waals surface area contributed by atoms with Crippen LogP contribution in [-0.4, -0.2) is 96.7 Å². The van der Waals surface area contributed by atoms with Crippen molar-refractivity contribution >= 4 is 39.5 Å². The Morgan fingerprint density at radius 2 is 0.516 bits per heavy atom. The van der Waals surface area contributed by atoms with E-state index in [1.54, 1.807) is 0 Å². The molecule has 0 saturated carbocycles. The summed E-state index contributed by atoms with van der Waals surface area (Å²) in [6.07, 6.45) is 47.4. The molecule has 0 amide bonds. The molecule has 0 aromatic heterocycles. The second-order valence-corrected chi connectivity index (χ2v) is 30.8. The number of aliphatic hydroxyl groups excluding tert-OH is 1. The first-order chi connectivity index (χ1) is 44.7. The Morgan fingerprint density at radius 3 is 0.763 bits per heavy atom. The first kappa shape index (κ1) is 91.1. The van der Waals surface area contributed by atoms with E-state index in [1.165, 1.54) is 161 Å². The number of phosphoric acid groups is 2. The van der Waals surface area contributed by atoms with Crippen molar-refractivity contribution in [1.82, 2.24) is 0 Å². The van der Waals surface area contributed by atoms with Crippen LogP contribution in [0.4, 0.5) is 0 Å². The molecule has 0 heterocycles. The minimum Gasteiger partial charge on any atom is -0.462 e. The molecule has 0 aliphatic carbocycles. The standard InChI is InChI=1S/C74H144O17P2/c1-9-65(6)51-43-35-27-22-20-18-16-14-12-13-15-17-19-21-23-28-40-48-56-73(78)90-69(60-84-71(76)54-46-38-32-30-36-44-52-66(7)10-2)62-88-92(80,81)86-58-68(75)59-87-93(82,83)89-63-70(61-85-72(77)55-47-39-33-31-37-45-53-67(8)11-3)91-74(79)57-49-41-29-25-24-26-34-42-50-64(4)5/h64-70,75H,9-63H2,1-8H3,(H,80,81)(H,82,83)/t65?,66?,67?,68-,69+,70+/m0/s1. The average molecular weight is 1370 g/mol. The highest BCUT2D eigenvalue weighted by molar-refractivity contribution is 7.47. The molecule has 19 heteroatoms. The predicted molar refractivity (Wildman–Crippen MR) is 377 cm³/mol. The van der Waals surface area contributed by atoms with Gasteiger partial charge in [0.2, 0.25) is 0 Å². The molecule has 0 radical (unpaired) electrons. The summed E-state index contributed by atoms with van der Waals surface area (Å²) in [5, 5.41) is 10.6. The maximum Gasteiger partial charge on any atom is 0.472 e. The summed E-state index contributed by atoms with van der Waals surface area (Å²) in [6.45, 7) is 14.1. The van der Waals surface area contributed by atoms with Gasteiger partial charge in [-0.05, 0) is 49.4 Å². The number of carbonyl (C=O) groups excluding carboxylic acids is 4. The lowest BCUT2D eigenvalue weighted by Crippen LogP contribution is -2.30. The fraction of sp³-hybridized carbons (Fsp3) is 0.946. The van der Waals surface area contributed by atoms with E-state index >= 15 is 0 Å². The van der Waals surface area contributed by atoms with E-state index < -0.39 is 97.5 Å². The van der Waals surface area contributed by atoms with Gasteiger partial charge in [-0.3, -0.25) is 37.3 Å². The van der Waals surface area contributed by atoms with Crippen LogP contribution in [0.15, 0.2) is 0 Å². The van der Waals surface area contributed by atoms with E-state index in [-0.39, 0.29) is 25.7 Å². The van der Waals surface area contributed by atoms with Crippen LogP contribution >= 0.6 is 15.6 Å². The van der Waals surface area contributed by atoms with Gasteiger partial charge in [0.25, 0.3) is 0 Å². The monoisotopic (exact) mass is 1370 g/mol. The van der Waals surface area contributed by atoms with E-state index in [2.05, 4.69) is 55.4 Å². The third-order valence-corrected chi connectivity index (χ3v) is 20.1. The molecule has 8 atom stereocenters. The maximum absolute atomic E-state index is 13.0. The molecule has 0 aromatic carbocycles. The first-order valence-corrected chi connectivity index (χ1v) is 41.3. The molecule has 0 saturated heterocycles. The lowest BCUT2D eigenvalue weighted by atomic mass is 9.99. The van der Waals surface area contributed by atoms with E-state index in [4.69, 9.17) is 37.0 Å². The number of hydrogen-bond acceptors (Lipinski definition) is 15. The van der Waals surface area contributed by atoms with Gasteiger partial charge >= 0.3 is 39.5 Å². The SMILES string of the molecule is CCC(C)CCCCCCCCCCCCCCCCCCCCC(=O)O[C@H](COC(=O)CCCCCCCCC(C)CC)COP(=O)(O)OC[C@H](O)COP(=O)(O)OC[C@@H](COC(=O)CCCCCCCCC(C)CC)OC(=O)CCCCCCCCCCC(C)C. The van der Waals surface area contributed by atoms with E-state index in [1.807, 2.05) is 0 Å². The summed E-state index contributed by atoms with van der Waals surface area (Å²) < 4.78 is 68.3. The summed E-state index contributed by atoms with van der Waals surface area (Å²) in [5.74, 6) is 0.922. The Labute approximate surface area is 568 Å². The summed E-state index contributed by atoms with van der Waals surface area (Å²) in [7, 11) is -9.91. The molecule has 5 unspecified atom stereocenters. The van der Waals surface area contributed by atoms with E-state index in [0.29, 0.717) is 25.7 Å². The van der Waals surface area contributed by atoms with Gasteiger partial charge in [0, 0.05) is 25.7 Å². The van der Waals surface area contributed by atoms with E-state index in [9.17, 15) is 43.2 Å². The van der Waals surface area contributed by atoms with Crippen LogP contribution in [0, 0.1) is 23.7 Å². The molecule has 93 heavy (non-hydrogen) atoms. The molecule has 3 N–H and O–H groups in total. The fourth-order valence-corrected chi connectivity index (χ4v) is 12.7. The number of hydrogen-bond donors (Lipinski definition) is 3. The molecule has 0 aromatic rings. The van der Waals surface area contributed by atoms with E-state index in [0.717, 1.165) is 126 Å². The largest absolute Gasteiger partial charge is 0.472 e. The average Bonchev–Trinajstić information content (AvgIpc) is 2.90. The number of aliphatic hydroxyl groups is 1. The van der Waals surface area contributed by atoms with Crippen molar-refractivity contribution in [1.29, 1.82) is 0 Å². The van der Waals surface area contributed by atoms with Crippen molar-refractivity contribution in [2.45, 2.75) is 388 Å². The Hall–Kier alpha value is -1.94. The molecule has 0 spiro atoms. The zero-order valence-electron chi connectivity index (χ0n) is 60.9. The van der Waals surface area contributed by atoms with Gasteiger partial charge in [-0.15, -0.1) is 0 Å². The van der Waals surface area contributed by atoms with Gasteiger partial charge in [-0.2, -0.15) is 0 Å². The Morgan fingerprint density at radius 1 is 0.301 bits per heavy atom. The quantitative estimate of drug-likeness (QED) is 0.0222. The molecule has 0 fully saturated rings. The normalized spacial score (nSPS) is 15.1. The first-order valence-electron chi connectivity index (χ1n) is 38.3. The number of unbranched alkanes of at least 4 members (excludes halogenated alkanes) is 34. The molecular weight excluding hydrogens is 1220 g/mol. The third-order valence-electron chi connectivity index (χ3n) is 18.2. The van der Waals surface area contributed by atoms with Crippen LogP contribution < -0.4 is 0 Å². The van der Waals surface area contributed by atoms with Crippen molar-refractivity contribution in [3.05, 3.63) is 0 Å². The van der Waals surface area contributed by atoms with Crippen molar-refractivity contribution in [2.75, 3.05) is 39.6 Å².